The predicted molar refractivity (Wildman–Crippen MR) is 51.5 cm³/mol. The van der Waals surface area contributed by atoms with Crippen LogP contribution in [0.3, 0.4) is 0 Å². The van der Waals surface area contributed by atoms with Crippen molar-refractivity contribution in [3.8, 4) is 12.3 Å². The molecule has 0 saturated carbocycles. The molecule has 1 unspecified atom stereocenters. The summed E-state index contributed by atoms with van der Waals surface area (Å²) in [7, 11) is -9.81. The fraction of sp³-hybridized carbons (Fsp3) is 0.333. The van der Waals surface area contributed by atoms with E-state index in [4.69, 9.17) is 21.1 Å². The first-order valence-electron chi connectivity index (χ1n) is 3.54. The van der Waals surface area contributed by atoms with E-state index < -0.39 is 15.6 Å². The van der Waals surface area contributed by atoms with Gasteiger partial charge in [0, 0.05) is 0 Å². The molecule has 0 aliphatic heterocycles. The van der Waals surface area contributed by atoms with Gasteiger partial charge in [-0.05, 0) is 18.6 Å². The Labute approximate surface area is 86.6 Å². The lowest BCUT2D eigenvalue weighted by Crippen LogP contribution is -1.94. The Balaban J connectivity index is 4.25. The molecule has 9 heteroatoms. The van der Waals surface area contributed by atoms with Gasteiger partial charge in [-0.25, -0.2) is 9.13 Å². The van der Waals surface area contributed by atoms with E-state index in [0.29, 0.717) is 5.57 Å². The van der Waals surface area contributed by atoms with Gasteiger partial charge in [0.25, 0.3) is 0 Å². The van der Waals surface area contributed by atoms with Gasteiger partial charge in [-0.3, -0.25) is 4.52 Å². The van der Waals surface area contributed by atoms with Crippen LogP contribution < -0.4 is 0 Å². The molecule has 0 aromatic rings. The van der Waals surface area contributed by atoms with E-state index in [9.17, 15) is 9.13 Å². The van der Waals surface area contributed by atoms with E-state index in [1.54, 1.807) is 6.92 Å². The predicted octanol–water partition coefficient (Wildman–Crippen LogP) is 0.792. The van der Waals surface area contributed by atoms with Gasteiger partial charge in [-0.2, -0.15) is 4.31 Å². The summed E-state index contributed by atoms with van der Waals surface area (Å²) >= 11 is 0. The van der Waals surface area contributed by atoms with Crippen molar-refractivity contribution in [2.24, 2.45) is 0 Å². The van der Waals surface area contributed by atoms with Crippen molar-refractivity contribution in [2.45, 2.75) is 6.92 Å². The number of allylic oxidation sites excluding steroid dienone is 1. The molecule has 0 fully saturated rings. The lowest BCUT2D eigenvalue weighted by molar-refractivity contribution is 0.191. The maximum absolute atomic E-state index is 10.8. The van der Waals surface area contributed by atoms with E-state index in [1.807, 2.05) is 0 Å². The van der Waals surface area contributed by atoms with Crippen LogP contribution in [-0.2, 0) is 18.0 Å². The third-order valence-electron chi connectivity index (χ3n) is 1.06. The quantitative estimate of drug-likeness (QED) is 0.492. The van der Waals surface area contributed by atoms with E-state index in [0.717, 1.165) is 0 Å². The zero-order valence-electron chi connectivity index (χ0n) is 7.73. The van der Waals surface area contributed by atoms with Crippen LogP contribution in [0.2, 0.25) is 0 Å². The van der Waals surface area contributed by atoms with Crippen molar-refractivity contribution in [2.75, 3.05) is 6.61 Å². The Morgan fingerprint density at radius 1 is 1.47 bits per heavy atom. The largest absolute Gasteiger partial charge is 0.481 e. The molecule has 15 heavy (non-hydrogen) atoms. The molecule has 0 aliphatic rings. The summed E-state index contributed by atoms with van der Waals surface area (Å²) in [6, 6.07) is 0. The van der Waals surface area contributed by atoms with Gasteiger partial charge >= 0.3 is 15.6 Å². The highest BCUT2D eigenvalue weighted by Crippen LogP contribution is 2.57. The molecule has 86 valence electrons. The highest BCUT2D eigenvalue weighted by atomic mass is 31.3. The Bertz CT molecular complexity index is 373. The third kappa shape index (κ3) is 8.55. The Hall–Kier alpha value is -0.440. The second kappa shape index (κ2) is 5.59. The Morgan fingerprint density at radius 3 is 2.40 bits per heavy atom. The van der Waals surface area contributed by atoms with E-state index in [-0.39, 0.29) is 6.61 Å². The van der Waals surface area contributed by atoms with E-state index in [2.05, 4.69) is 14.8 Å². The van der Waals surface area contributed by atoms with Crippen LogP contribution >= 0.6 is 15.6 Å². The molecule has 0 aromatic heterocycles. The molecule has 1 atom stereocenters. The molecule has 0 rings (SSSR count). The lowest BCUT2D eigenvalue weighted by atomic mass is 10.3. The SMILES string of the molecule is C#C/C(C)=C/COP(=O)(O)OP(=O)(O)O. The standard InChI is InChI=1S/C6H10O7P2/c1-3-6(2)4-5-12-15(10,11)13-14(7,8)9/h1,4H,5H2,2H3,(H,10,11)(H2,7,8,9)/b6-4+. The van der Waals surface area contributed by atoms with Crippen LogP contribution in [0.25, 0.3) is 0 Å². The monoisotopic (exact) mass is 256 g/mol. The van der Waals surface area contributed by atoms with Crippen LogP contribution in [0.1, 0.15) is 6.92 Å². The first-order chi connectivity index (χ1) is 6.66. The molecule has 0 spiro atoms. The summed E-state index contributed by atoms with van der Waals surface area (Å²) in [5, 5.41) is 0. The molecular weight excluding hydrogens is 246 g/mol. The minimum Gasteiger partial charge on any atom is -0.302 e. The molecule has 0 radical (unpaired) electrons. The van der Waals surface area contributed by atoms with Crippen molar-refractivity contribution >= 4 is 15.6 Å². The van der Waals surface area contributed by atoms with Gasteiger partial charge in [-0.15, -0.1) is 6.42 Å². The van der Waals surface area contributed by atoms with Gasteiger partial charge in [0.1, 0.15) is 0 Å². The van der Waals surface area contributed by atoms with Crippen molar-refractivity contribution in [1.82, 2.24) is 0 Å². The second-order valence-corrected chi connectivity index (χ2v) is 5.20. The summed E-state index contributed by atoms with van der Waals surface area (Å²) in [6.45, 7) is 1.17. The molecule has 0 amide bonds. The molecule has 0 saturated heterocycles. The topological polar surface area (TPSA) is 113 Å². The maximum atomic E-state index is 10.8. The number of hydrogen-bond acceptors (Lipinski definition) is 4. The molecule has 0 aromatic carbocycles. The van der Waals surface area contributed by atoms with E-state index >= 15 is 0 Å². The zero-order valence-corrected chi connectivity index (χ0v) is 9.52. The van der Waals surface area contributed by atoms with Crippen LogP contribution in [-0.4, -0.2) is 21.3 Å². The van der Waals surface area contributed by atoms with Gasteiger partial charge < -0.3 is 14.7 Å². The minimum atomic E-state index is -5.06. The number of phosphoric acid groups is 2. The third-order valence-corrected chi connectivity index (χ3v) is 3.22. The fourth-order valence-corrected chi connectivity index (χ4v) is 2.00. The summed E-state index contributed by atoms with van der Waals surface area (Å²) in [5.41, 5.74) is 0.450. The van der Waals surface area contributed by atoms with Gasteiger partial charge in [-0.1, -0.05) is 5.92 Å². The number of rotatable bonds is 5. The van der Waals surface area contributed by atoms with Crippen LogP contribution in [0.5, 0.6) is 0 Å². The van der Waals surface area contributed by atoms with E-state index in [1.165, 1.54) is 6.08 Å². The fourth-order valence-electron chi connectivity index (χ4n) is 0.473. The Kier molecular flexibility index (Phi) is 5.43. The first kappa shape index (κ1) is 14.6. The summed E-state index contributed by atoms with van der Waals surface area (Å²) in [6.07, 6.45) is 6.25. The summed E-state index contributed by atoms with van der Waals surface area (Å²) in [5.74, 6) is 2.21. The molecule has 0 aliphatic carbocycles. The first-order valence-corrected chi connectivity index (χ1v) is 6.56. The second-order valence-electron chi connectivity index (χ2n) is 2.37. The van der Waals surface area contributed by atoms with Gasteiger partial charge in [0.2, 0.25) is 0 Å². The van der Waals surface area contributed by atoms with Crippen LogP contribution in [0.15, 0.2) is 11.6 Å². The highest BCUT2D eigenvalue weighted by molar-refractivity contribution is 7.60. The van der Waals surface area contributed by atoms with Crippen molar-refractivity contribution in [1.29, 1.82) is 0 Å². The van der Waals surface area contributed by atoms with Crippen LogP contribution in [0, 0.1) is 12.3 Å². The maximum Gasteiger partial charge on any atom is 0.481 e. The van der Waals surface area contributed by atoms with Crippen LogP contribution in [0.4, 0.5) is 0 Å². The Morgan fingerprint density at radius 2 is 2.00 bits per heavy atom. The van der Waals surface area contributed by atoms with Gasteiger partial charge in [0.15, 0.2) is 0 Å². The molecule has 7 nitrogen and oxygen atoms in total. The number of terminal acetylenes is 1. The highest BCUT2D eigenvalue weighted by Gasteiger charge is 2.31. The molecule has 3 N–H and O–H groups in total. The van der Waals surface area contributed by atoms with Crippen molar-refractivity contribution in [3.05, 3.63) is 11.6 Å². The molecule has 0 heterocycles. The smallest absolute Gasteiger partial charge is 0.302 e. The lowest BCUT2D eigenvalue weighted by Gasteiger charge is -2.10. The normalized spacial score (nSPS) is 16.9. The van der Waals surface area contributed by atoms with Gasteiger partial charge in [0.05, 0.1) is 6.61 Å². The number of hydrogen-bond donors (Lipinski definition) is 3. The van der Waals surface area contributed by atoms with Crippen molar-refractivity contribution in [3.63, 3.8) is 0 Å². The molecular formula is C6H10O7P2. The average molecular weight is 256 g/mol. The average Bonchev–Trinajstić information content (AvgIpc) is 1.98. The molecule has 0 bridgehead atoms. The number of phosphoric ester groups is 1. The summed E-state index contributed by atoms with van der Waals surface area (Å²) in [4.78, 5) is 25.2. The minimum absolute atomic E-state index is 0.385. The zero-order chi connectivity index (χ0) is 12.1. The van der Waals surface area contributed by atoms with Crippen molar-refractivity contribution < 1.29 is 32.6 Å². The summed E-state index contributed by atoms with van der Waals surface area (Å²) < 4.78 is 28.8.